The number of nitrogens with zero attached hydrogens (tertiary/aromatic N) is 5. The number of carbonyl (C=O) groups excluding carboxylic acids is 1. The lowest BCUT2D eigenvalue weighted by atomic mass is 10.1. The van der Waals surface area contributed by atoms with Gasteiger partial charge in [0.05, 0.1) is 30.2 Å². The molecule has 2 atom stereocenters. The van der Waals surface area contributed by atoms with E-state index in [1.807, 2.05) is 25.3 Å². The topological polar surface area (TPSA) is 124 Å². The van der Waals surface area contributed by atoms with Crippen LogP contribution < -0.4 is 25.2 Å². The number of urea groups is 1. The van der Waals surface area contributed by atoms with E-state index in [0.29, 0.717) is 30.1 Å². The van der Waals surface area contributed by atoms with Gasteiger partial charge >= 0.3 is 6.03 Å². The van der Waals surface area contributed by atoms with Gasteiger partial charge in [0.25, 0.3) is 6.47 Å². The van der Waals surface area contributed by atoms with Gasteiger partial charge in [-0.2, -0.15) is 5.10 Å². The molecular weight excluding hydrogens is 450 g/mol. The maximum Gasteiger partial charge on any atom is 0.327 e. The standard InChI is InChI=1S/C23H27N7O2.CH2O2/c1-14-9-17-10-19(21(32-2)13-30(17)27-14)26-23(31)29-8-6-18-20(5-7-24-22(18)29)28-11-15-3-4-16(12-28)25-15;2-1-3/h5,7,9-10,13,15-16,25H,3-4,6,8,11-12H2,1-2H3,(H,26,31);1H,(H,2,3). The van der Waals surface area contributed by atoms with Crippen LogP contribution in [0.4, 0.5) is 22.0 Å². The van der Waals surface area contributed by atoms with E-state index in [0.717, 1.165) is 42.1 Å². The van der Waals surface area contributed by atoms with Crippen LogP contribution in [0.5, 0.6) is 5.75 Å². The zero-order chi connectivity index (χ0) is 24.5. The minimum atomic E-state index is -0.250. The molecule has 0 spiro atoms. The molecule has 35 heavy (non-hydrogen) atoms. The number of methoxy groups -OCH3 is 1. The monoisotopic (exact) mass is 479 g/mol. The second kappa shape index (κ2) is 9.41. The average Bonchev–Trinajstić information content (AvgIpc) is 3.53. The van der Waals surface area contributed by atoms with Gasteiger partial charge in [0, 0.05) is 49.2 Å². The van der Waals surface area contributed by atoms with Gasteiger partial charge in [0.2, 0.25) is 0 Å². The number of aromatic nitrogens is 3. The van der Waals surface area contributed by atoms with E-state index in [9.17, 15) is 4.79 Å². The number of amides is 2. The highest BCUT2D eigenvalue weighted by atomic mass is 16.5. The van der Waals surface area contributed by atoms with Gasteiger partial charge in [-0.3, -0.25) is 9.69 Å². The molecule has 0 radical (unpaired) electrons. The summed E-state index contributed by atoms with van der Waals surface area (Å²) < 4.78 is 7.25. The third kappa shape index (κ3) is 4.34. The van der Waals surface area contributed by atoms with Crippen molar-refractivity contribution >= 4 is 35.2 Å². The highest BCUT2D eigenvalue weighted by Crippen LogP contribution is 2.36. The number of anilines is 3. The molecule has 2 saturated heterocycles. The maximum absolute atomic E-state index is 13.3. The Labute approximate surface area is 202 Å². The lowest BCUT2D eigenvalue weighted by molar-refractivity contribution is -0.122. The number of nitrogens with one attached hydrogen (secondary N) is 2. The van der Waals surface area contributed by atoms with Crippen LogP contribution in [0.15, 0.2) is 30.6 Å². The number of fused-ring (bicyclic) bond motifs is 4. The zero-order valence-electron chi connectivity index (χ0n) is 19.8. The number of pyridine rings is 2. The Kier molecular flexibility index (Phi) is 6.16. The lowest BCUT2D eigenvalue weighted by Gasteiger charge is -2.35. The van der Waals surface area contributed by atoms with E-state index < -0.39 is 0 Å². The van der Waals surface area contributed by atoms with E-state index in [4.69, 9.17) is 14.6 Å². The van der Waals surface area contributed by atoms with Crippen molar-refractivity contribution in [2.24, 2.45) is 0 Å². The summed E-state index contributed by atoms with van der Waals surface area (Å²) in [4.78, 5) is 30.4. The summed E-state index contributed by atoms with van der Waals surface area (Å²) in [5.74, 6) is 1.32. The Bertz CT molecular complexity index is 1250. The Morgan fingerprint density at radius 3 is 2.74 bits per heavy atom. The molecule has 184 valence electrons. The van der Waals surface area contributed by atoms with Crippen LogP contribution >= 0.6 is 0 Å². The summed E-state index contributed by atoms with van der Waals surface area (Å²) in [6, 6.07) is 6.88. The van der Waals surface area contributed by atoms with Gasteiger partial charge in [-0.15, -0.1) is 0 Å². The van der Waals surface area contributed by atoms with Crippen LogP contribution in [-0.2, 0) is 11.2 Å². The first-order valence-corrected chi connectivity index (χ1v) is 11.7. The largest absolute Gasteiger partial charge is 0.493 e. The molecule has 2 bridgehead atoms. The maximum atomic E-state index is 13.3. The van der Waals surface area contributed by atoms with Crippen molar-refractivity contribution in [1.29, 1.82) is 0 Å². The molecule has 3 aliphatic rings. The average molecular weight is 480 g/mol. The Morgan fingerprint density at radius 1 is 1.29 bits per heavy atom. The summed E-state index contributed by atoms with van der Waals surface area (Å²) in [5, 5.41) is 18.0. The van der Waals surface area contributed by atoms with Crippen molar-refractivity contribution in [3.63, 3.8) is 0 Å². The molecule has 11 nitrogen and oxygen atoms in total. The number of ether oxygens (including phenoxy) is 1. The van der Waals surface area contributed by atoms with Crippen LogP contribution in [0.1, 0.15) is 24.1 Å². The highest BCUT2D eigenvalue weighted by molar-refractivity contribution is 6.04. The molecule has 2 amide bonds. The van der Waals surface area contributed by atoms with Crippen LogP contribution in [0, 0.1) is 6.92 Å². The molecule has 0 saturated carbocycles. The number of hydrogen-bond donors (Lipinski definition) is 3. The molecule has 11 heteroatoms. The van der Waals surface area contributed by atoms with E-state index in [1.54, 1.807) is 22.7 Å². The number of piperazine rings is 1. The van der Waals surface area contributed by atoms with Gasteiger partial charge < -0.3 is 25.4 Å². The van der Waals surface area contributed by atoms with Crippen molar-refractivity contribution in [1.82, 2.24) is 19.9 Å². The number of hydrogen-bond acceptors (Lipinski definition) is 7. The van der Waals surface area contributed by atoms with E-state index >= 15 is 0 Å². The molecule has 3 aromatic heterocycles. The summed E-state index contributed by atoms with van der Waals surface area (Å²) in [6.45, 7) is 4.33. The van der Waals surface area contributed by atoms with Crippen molar-refractivity contribution in [3.8, 4) is 5.75 Å². The molecule has 2 unspecified atom stereocenters. The van der Waals surface area contributed by atoms with E-state index in [-0.39, 0.29) is 12.5 Å². The SMILES string of the molecule is COc1cn2nc(C)cc2cc1NC(=O)N1CCc2c(N3CC4CCC(C3)N4)ccnc21.O=CO. The summed E-state index contributed by atoms with van der Waals surface area (Å²) in [6.07, 6.45) is 6.90. The fourth-order valence-corrected chi connectivity index (χ4v) is 5.35. The van der Waals surface area contributed by atoms with Crippen molar-refractivity contribution < 1.29 is 19.4 Å². The molecule has 6 rings (SSSR count). The van der Waals surface area contributed by atoms with E-state index in [2.05, 4.69) is 31.7 Å². The van der Waals surface area contributed by atoms with Crippen LogP contribution in [0.2, 0.25) is 0 Å². The predicted octanol–water partition coefficient (Wildman–Crippen LogP) is 2.28. The second-order valence-corrected chi connectivity index (χ2v) is 9.02. The first-order valence-electron chi connectivity index (χ1n) is 11.7. The van der Waals surface area contributed by atoms with Crippen LogP contribution in [0.3, 0.4) is 0 Å². The summed E-state index contributed by atoms with van der Waals surface area (Å²) in [7, 11) is 1.59. The minimum Gasteiger partial charge on any atom is -0.493 e. The molecular formula is C24H29N7O4. The molecule has 0 aliphatic carbocycles. The second-order valence-electron chi connectivity index (χ2n) is 9.02. The quantitative estimate of drug-likeness (QED) is 0.489. The van der Waals surface area contributed by atoms with E-state index in [1.165, 1.54) is 18.5 Å². The van der Waals surface area contributed by atoms with Crippen LogP contribution in [0.25, 0.3) is 5.52 Å². The molecule has 3 N–H and O–H groups in total. The number of rotatable bonds is 3. The van der Waals surface area contributed by atoms with Crippen LogP contribution in [-0.4, -0.2) is 71.0 Å². The van der Waals surface area contributed by atoms with Crippen molar-refractivity contribution in [3.05, 3.63) is 41.9 Å². The summed E-state index contributed by atoms with van der Waals surface area (Å²) in [5.41, 5.74) is 4.81. The molecule has 6 heterocycles. The van der Waals surface area contributed by atoms with Gasteiger partial charge in [-0.1, -0.05) is 0 Å². The normalized spacial score (nSPS) is 20.3. The third-order valence-electron chi connectivity index (χ3n) is 6.80. The number of carboxylic acid groups (broad SMARTS) is 1. The van der Waals surface area contributed by atoms with Gasteiger partial charge in [0.1, 0.15) is 5.82 Å². The van der Waals surface area contributed by atoms with Gasteiger partial charge in [0.15, 0.2) is 5.75 Å². The van der Waals surface area contributed by atoms with Gasteiger partial charge in [-0.25, -0.2) is 14.3 Å². The first kappa shape index (κ1) is 22.9. The Hall–Kier alpha value is -3.86. The number of carbonyl (C=O) groups is 2. The Morgan fingerprint density at radius 2 is 2.03 bits per heavy atom. The molecule has 0 aromatic carbocycles. The highest BCUT2D eigenvalue weighted by Gasteiger charge is 2.35. The summed E-state index contributed by atoms with van der Waals surface area (Å²) >= 11 is 0. The molecule has 3 aromatic rings. The first-order chi connectivity index (χ1) is 17.0. The Balaban J connectivity index is 0.000000806. The molecule has 3 aliphatic heterocycles. The third-order valence-corrected chi connectivity index (χ3v) is 6.80. The van der Waals surface area contributed by atoms with Crippen molar-refractivity contribution in [2.45, 2.75) is 38.3 Å². The fourth-order valence-electron chi connectivity index (χ4n) is 5.35. The van der Waals surface area contributed by atoms with Gasteiger partial charge in [-0.05, 0) is 44.4 Å². The smallest absolute Gasteiger partial charge is 0.327 e. The minimum absolute atomic E-state index is 0.201. The zero-order valence-corrected chi connectivity index (χ0v) is 19.8. The van der Waals surface area contributed by atoms with Crippen molar-refractivity contribution in [2.75, 3.05) is 41.9 Å². The predicted molar refractivity (Wildman–Crippen MR) is 132 cm³/mol. The number of aryl methyl sites for hydroxylation is 1. The lowest BCUT2D eigenvalue weighted by Crippen LogP contribution is -2.51. The fraction of sp³-hybridized carbons (Fsp3) is 0.417. The molecule has 2 fully saturated rings.